The van der Waals surface area contributed by atoms with Crippen molar-refractivity contribution in [1.82, 2.24) is 14.6 Å². The molecule has 3 heterocycles. The van der Waals surface area contributed by atoms with Crippen molar-refractivity contribution < 1.29 is 13.2 Å². The molecule has 1 aliphatic heterocycles. The molecule has 0 bridgehead atoms. The summed E-state index contributed by atoms with van der Waals surface area (Å²) in [6.07, 6.45) is 3.71. The van der Waals surface area contributed by atoms with Gasteiger partial charge in [-0.25, -0.2) is 8.42 Å². The predicted octanol–water partition coefficient (Wildman–Crippen LogP) is 2.76. The molecule has 1 N–H and O–H groups in total. The number of hydrogen-bond acceptors (Lipinski definition) is 6. The highest BCUT2D eigenvalue weighted by Gasteiger charge is 2.35. The smallest absolute Gasteiger partial charge is 0.250 e. The van der Waals surface area contributed by atoms with Gasteiger partial charge < -0.3 is 4.90 Å². The molecule has 4 rings (SSSR count). The minimum atomic E-state index is -3.81. The molecule has 30 heavy (non-hydrogen) atoms. The van der Waals surface area contributed by atoms with Crippen molar-refractivity contribution in [3.05, 3.63) is 72.1 Å². The maximum atomic E-state index is 12.8. The van der Waals surface area contributed by atoms with Crippen LogP contribution in [0.1, 0.15) is 17.5 Å². The lowest BCUT2D eigenvalue weighted by Crippen LogP contribution is -2.41. The Morgan fingerprint density at radius 2 is 2.00 bits per heavy atom. The Hall–Kier alpha value is -3.06. The Bertz CT molecular complexity index is 1220. The largest absolute Gasteiger partial charge is 0.337 e. The summed E-state index contributed by atoms with van der Waals surface area (Å²) in [6.45, 7) is 0.799. The van der Waals surface area contributed by atoms with E-state index in [4.69, 9.17) is 5.26 Å². The number of hydrogen-bond donors (Lipinski definition) is 1. The molecule has 9 heteroatoms. The molecular weight excluding hydrogens is 420 g/mol. The second-order valence-electron chi connectivity index (χ2n) is 6.89. The first-order valence-corrected chi connectivity index (χ1v) is 11.6. The SMILES string of the molecule is N#Cc1cccc(CN2CCC(NS(=O)(=O)c3ccc(-c4ccncc4)s3)C2=O)c1. The average Bonchev–Trinajstić information content (AvgIpc) is 3.38. The minimum Gasteiger partial charge on any atom is -0.337 e. The van der Waals surface area contributed by atoms with Crippen LogP contribution in [-0.2, 0) is 21.4 Å². The lowest BCUT2D eigenvalue weighted by molar-refractivity contribution is -0.129. The quantitative estimate of drug-likeness (QED) is 0.637. The van der Waals surface area contributed by atoms with E-state index in [1.165, 1.54) is 0 Å². The second kappa shape index (κ2) is 8.36. The summed E-state index contributed by atoms with van der Waals surface area (Å²) in [5.74, 6) is -0.258. The van der Waals surface area contributed by atoms with E-state index in [1.807, 2.05) is 18.2 Å². The number of pyridine rings is 1. The van der Waals surface area contributed by atoms with Gasteiger partial charge >= 0.3 is 0 Å². The molecule has 1 amide bonds. The van der Waals surface area contributed by atoms with Gasteiger partial charge in [0.2, 0.25) is 5.91 Å². The second-order valence-corrected chi connectivity index (χ2v) is 9.91. The zero-order chi connectivity index (χ0) is 21.1. The first-order chi connectivity index (χ1) is 14.5. The van der Waals surface area contributed by atoms with Gasteiger partial charge in [-0.1, -0.05) is 12.1 Å². The number of nitriles is 1. The van der Waals surface area contributed by atoms with Crippen molar-refractivity contribution in [2.24, 2.45) is 0 Å². The van der Waals surface area contributed by atoms with E-state index in [0.29, 0.717) is 25.1 Å². The zero-order valence-electron chi connectivity index (χ0n) is 15.9. The van der Waals surface area contributed by atoms with Gasteiger partial charge in [-0.2, -0.15) is 9.98 Å². The molecule has 7 nitrogen and oxygen atoms in total. The summed E-state index contributed by atoms with van der Waals surface area (Å²) < 4.78 is 28.3. The molecule has 3 aromatic rings. The van der Waals surface area contributed by atoms with Crippen LogP contribution in [0.4, 0.5) is 0 Å². The summed E-state index contributed by atoms with van der Waals surface area (Å²) in [5.41, 5.74) is 2.25. The minimum absolute atomic E-state index is 0.169. The lowest BCUT2D eigenvalue weighted by atomic mass is 10.1. The molecule has 0 spiro atoms. The molecule has 1 fully saturated rings. The molecule has 0 saturated carbocycles. The van der Waals surface area contributed by atoms with E-state index in [9.17, 15) is 13.2 Å². The summed E-state index contributed by atoms with van der Waals surface area (Å²) in [4.78, 5) is 19.1. The van der Waals surface area contributed by atoms with Crippen molar-refractivity contribution in [1.29, 1.82) is 5.26 Å². The number of carbonyl (C=O) groups excluding carboxylic acids is 1. The van der Waals surface area contributed by atoms with E-state index >= 15 is 0 Å². The van der Waals surface area contributed by atoms with Gasteiger partial charge in [-0.05, 0) is 53.9 Å². The molecule has 1 unspecified atom stereocenters. The average molecular weight is 439 g/mol. The van der Waals surface area contributed by atoms with Crippen LogP contribution >= 0.6 is 11.3 Å². The van der Waals surface area contributed by atoms with Crippen LogP contribution in [0.5, 0.6) is 0 Å². The third-order valence-electron chi connectivity index (χ3n) is 4.84. The molecular formula is C21H18N4O3S2. The highest BCUT2D eigenvalue weighted by molar-refractivity contribution is 7.91. The molecule has 1 aliphatic rings. The number of benzene rings is 1. The molecule has 0 aliphatic carbocycles. The molecule has 0 radical (unpaired) electrons. The van der Waals surface area contributed by atoms with Crippen LogP contribution < -0.4 is 4.72 Å². The number of carbonyl (C=O) groups is 1. The van der Waals surface area contributed by atoms with E-state index in [1.54, 1.807) is 47.6 Å². The van der Waals surface area contributed by atoms with Crippen molar-refractivity contribution in [3.8, 4) is 16.5 Å². The highest BCUT2D eigenvalue weighted by Crippen LogP contribution is 2.30. The molecule has 1 saturated heterocycles. The predicted molar refractivity (Wildman–Crippen MR) is 113 cm³/mol. The number of rotatable bonds is 6. The maximum Gasteiger partial charge on any atom is 0.250 e. The fraction of sp³-hybridized carbons (Fsp3) is 0.190. The van der Waals surface area contributed by atoms with Gasteiger partial charge in [-0.15, -0.1) is 11.3 Å². The lowest BCUT2D eigenvalue weighted by Gasteiger charge is -2.17. The van der Waals surface area contributed by atoms with Crippen molar-refractivity contribution in [2.45, 2.75) is 23.2 Å². The number of nitrogens with one attached hydrogen (secondary N) is 1. The zero-order valence-corrected chi connectivity index (χ0v) is 17.5. The van der Waals surface area contributed by atoms with E-state index in [0.717, 1.165) is 27.3 Å². The van der Waals surface area contributed by atoms with Crippen LogP contribution in [0.15, 0.2) is 65.1 Å². The summed E-state index contributed by atoms with van der Waals surface area (Å²) >= 11 is 1.15. The van der Waals surface area contributed by atoms with Crippen LogP contribution in [0.25, 0.3) is 10.4 Å². The fourth-order valence-electron chi connectivity index (χ4n) is 3.35. The Labute approximate surface area is 178 Å². The number of likely N-dealkylation sites (tertiary alicyclic amines) is 1. The van der Waals surface area contributed by atoms with E-state index in [-0.39, 0.29) is 10.1 Å². The van der Waals surface area contributed by atoms with Gasteiger partial charge in [0.15, 0.2) is 0 Å². The molecule has 152 valence electrons. The van der Waals surface area contributed by atoms with Crippen molar-refractivity contribution >= 4 is 27.3 Å². The standard InChI is InChI=1S/C21H18N4O3S2/c22-13-15-2-1-3-16(12-15)14-25-11-8-18(21(25)26)24-30(27,28)20-5-4-19(29-20)17-6-9-23-10-7-17/h1-7,9-10,12,18,24H,8,11,14H2. The van der Waals surface area contributed by atoms with Gasteiger partial charge in [0, 0.05) is 30.4 Å². The van der Waals surface area contributed by atoms with Gasteiger partial charge in [0.1, 0.15) is 10.3 Å². The van der Waals surface area contributed by atoms with Gasteiger partial charge in [-0.3, -0.25) is 9.78 Å². The fourth-order valence-corrected chi connectivity index (χ4v) is 5.90. The third-order valence-corrected chi connectivity index (χ3v) is 7.93. The van der Waals surface area contributed by atoms with Crippen LogP contribution in [-0.4, -0.2) is 36.8 Å². The van der Waals surface area contributed by atoms with Gasteiger partial charge in [0.25, 0.3) is 10.0 Å². The topological polar surface area (TPSA) is 103 Å². The number of aromatic nitrogens is 1. The van der Waals surface area contributed by atoms with Crippen molar-refractivity contribution in [2.75, 3.05) is 6.54 Å². The summed E-state index contributed by atoms with van der Waals surface area (Å²) in [5, 5.41) is 9.02. The number of amides is 1. The van der Waals surface area contributed by atoms with Gasteiger partial charge in [0.05, 0.1) is 11.6 Å². The number of nitrogens with zero attached hydrogens (tertiary/aromatic N) is 3. The first-order valence-electron chi connectivity index (χ1n) is 9.27. The molecule has 2 aromatic heterocycles. The Morgan fingerprint density at radius 3 is 2.77 bits per heavy atom. The molecule has 1 atom stereocenters. The summed E-state index contributed by atoms with van der Waals surface area (Å²) in [7, 11) is -3.81. The monoisotopic (exact) mass is 438 g/mol. The van der Waals surface area contributed by atoms with Crippen LogP contribution in [0.3, 0.4) is 0 Å². The number of thiophene rings is 1. The first kappa shape index (κ1) is 20.2. The normalized spacial score (nSPS) is 16.6. The Kier molecular flexibility index (Phi) is 5.63. The summed E-state index contributed by atoms with van der Waals surface area (Å²) in [6, 6.07) is 15.3. The van der Waals surface area contributed by atoms with Crippen LogP contribution in [0, 0.1) is 11.3 Å². The Morgan fingerprint density at radius 1 is 1.20 bits per heavy atom. The Balaban J connectivity index is 1.45. The molecule has 1 aromatic carbocycles. The van der Waals surface area contributed by atoms with E-state index < -0.39 is 16.1 Å². The van der Waals surface area contributed by atoms with E-state index in [2.05, 4.69) is 15.8 Å². The van der Waals surface area contributed by atoms with Crippen molar-refractivity contribution in [3.63, 3.8) is 0 Å². The highest BCUT2D eigenvalue weighted by atomic mass is 32.2. The maximum absolute atomic E-state index is 12.8. The van der Waals surface area contributed by atoms with Crippen LogP contribution in [0.2, 0.25) is 0 Å². The third kappa shape index (κ3) is 4.26. The number of sulfonamides is 1.